The first-order valence-corrected chi connectivity index (χ1v) is 8.19. The maximum Gasteiger partial charge on any atom is 0.345 e. The minimum absolute atomic E-state index is 0.0330. The molecular weight excluding hydrogens is 304 g/mol. The minimum atomic E-state index is -0.972. The molecule has 120 valence electrons. The van der Waals surface area contributed by atoms with Gasteiger partial charge in [0.15, 0.2) is 0 Å². The first-order chi connectivity index (χ1) is 10.5. The first-order valence-electron chi connectivity index (χ1n) is 7.37. The van der Waals surface area contributed by atoms with E-state index in [1.807, 2.05) is 0 Å². The van der Waals surface area contributed by atoms with Crippen molar-refractivity contribution in [1.82, 2.24) is 10.6 Å². The highest BCUT2D eigenvalue weighted by molar-refractivity contribution is 7.13. The van der Waals surface area contributed by atoms with Crippen LogP contribution in [0.4, 0.5) is 0 Å². The lowest BCUT2D eigenvalue weighted by Crippen LogP contribution is -2.46. The molecule has 0 aromatic carbocycles. The van der Waals surface area contributed by atoms with Gasteiger partial charge in [-0.25, -0.2) is 4.79 Å². The Kier molecular flexibility index (Phi) is 5.54. The van der Waals surface area contributed by atoms with E-state index in [-0.39, 0.29) is 29.2 Å². The number of thiophene rings is 1. The van der Waals surface area contributed by atoms with Gasteiger partial charge in [-0.2, -0.15) is 0 Å². The van der Waals surface area contributed by atoms with Crippen molar-refractivity contribution < 1.29 is 19.5 Å². The molecule has 1 aromatic rings. The van der Waals surface area contributed by atoms with Crippen molar-refractivity contribution in [2.45, 2.75) is 45.2 Å². The molecule has 6 nitrogen and oxygen atoms in total. The molecule has 22 heavy (non-hydrogen) atoms. The zero-order chi connectivity index (χ0) is 16.1. The highest BCUT2D eigenvalue weighted by atomic mass is 32.1. The molecular formula is C15H20N2O4S. The molecule has 1 aromatic heterocycles. The van der Waals surface area contributed by atoms with Gasteiger partial charge in [-0.05, 0) is 31.9 Å². The lowest BCUT2D eigenvalue weighted by atomic mass is 10.1. The van der Waals surface area contributed by atoms with Gasteiger partial charge < -0.3 is 15.7 Å². The summed E-state index contributed by atoms with van der Waals surface area (Å²) >= 11 is 1.13. The fraction of sp³-hybridized carbons (Fsp3) is 0.533. The Morgan fingerprint density at radius 2 is 2.00 bits per heavy atom. The molecule has 0 aliphatic heterocycles. The van der Waals surface area contributed by atoms with Crippen LogP contribution in [0.25, 0.3) is 0 Å². The number of nitrogens with one attached hydrogen (secondary N) is 2. The van der Waals surface area contributed by atoms with E-state index in [0.29, 0.717) is 0 Å². The number of hydrogen-bond donors (Lipinski definition) is 3. The summed E-state index contributed by atoms with van der Waals surface area (Å²) in [7, 11) is 0. The van der Waals surface area contributed by atoms with E-state index in [9.17, 15) is 14.4 Å². The number of hydrogen-bond acceptors (Lipinski definition) is 4. The minimum Gasteiger partial charge on any atom is -0.477 e. The van der Waals surface area contributed by atoms with Crippen LogP contribution in [-0.4, -0.2) is 28.9 Å². The maximum absolute atomic E-state index is 12.0. The van der Waals surface area contributed by atoms with Gasteiger partial charge in [-0.15, -0.1) is 11.3 Å². The molecule has 1 saturated carbocycles. The van der Waals surface area contributed by atoms with Crippen molar-refractivity contribution in [1.29, 1.82) is 0 Å². The van der Waals surface area contributed by atoms with Crippen molar-refractivity contribution >= 4 is 29.1 Å². The summed E-state index contributed by atoms with van der Waals surface area (Å²) in [6.45, 7) is 1.92. The SMILES string of the molecule is CC(NC(=O)C1CCCC1)C(=O)NCc1ccc(C(=O)O)s1. The largest absolute Gasteiger partial charge is 0.477 e. The smallest absolute Gasteiger partial charge is 0.345 e. The Morgan fingerprint density at radius 1 is 1.32 bits per heavy atom. The van der Waals surface area contributed by atoms with Crippen LogP contribution in [0.1, 0.15) is 47.2 Å². The van der Waals surface area contributed by atoms with Crippen LogP contribution in [0.15, 0.2) is 12.1 Å². The third kappa shape index (κ3) is 4.30. The normalized spacial score (nSPS) is 16.2. The average Bonchev–Trinajstić information content (AvgIpc) is 3.15. The topological polar surface area (TPSA) is 95.5 Å². The Balaban J connectivity index is 1.78. The Bertz CT molecular complexity index is 564. The lowest BCUT2D eigenvalue weighted by Gasteiger charge is -2.16. The van der Waals surface area contributed by atoms with Crippen LogP contribution in [-0.2, 0) is 16.1 Å². The van der Waals surface area contributed by atoms with Gasteiger partial charge in [0.1, 0.15) is 10.9 Å². The average molecular weight is 324 g/mol. The van der Waals surface area contributed by atoms with Gasteiger partial charge in [0.2, 0.25) is 11.8 Å². The monoisotopic (exact) mass is 324 g/mol. The van der Waals surface area contributed by atoms with Gasteiger partial charge in [0.05, 0.1) is 6.54 Å². The van der Waals surface area contributed by atoms with Crippen molar-refractivity contribution in [2.75, 3.05) is 0 Å². The van der Waals surface area contributed by atoms with Crippen LogP contribution < -0.4 is 10.6 Å². The molecule has 1 aliphatic rings. The third-order valence-electron chi connectivity index (χ3n) is 3.79. The van der Waals surface area contributed by atoms with Gasteiger partial charge in [-0.1, -0.05) is 12.8 Å². The molecule has 0 radical (unpaired) electrons. The second-order valence-electron chi connectivity index (χ2n) is 5.50. The van der Waals surface area contributed by atoms with Crippen molar-refractivity contribution in [2.24, 2.45) is 5.92 Å². The second-order valence-corrected chi connectivity index (χ2v) is 6.67. The summed E-state index contributed by atoms with van der Waals surface area (Å²) in [4.78, 5) is 35.7. The molecule has 0 saturated heterocycles. The quantitative estimate of drug-likeness (QED) is 0.743. The van der Waals surface area contributed by atoms with Crippen molar-refractivity contribution in [3.8, 4) is 0 Å². The first kappa shape index (κ1) is 16.5. The van der Waals surface area contributed by atoms with Crippen LogP contribution in [0, 0.1) is 5.92 Å². The van der Waals surface area contributed by atoms with Gasteiger partial charge in [0, 0.05) is 10.8 Å². The summed E-state index contributed by atoms with van der Waals surface area (Å²) < 4.78 is 0. The van der Waals surface area contributed by atoms with E-state index in [0.717, 1.165) is 41.9 Å². The van der Waals surface area contributed by atoms with Crippen LogP contribution in [0.5, 0.6) is 0 Å². The molecule has 0 bridgehead atoms. The number of carbonyl (C=O) groups is 3. The predicted molar refractivity (Wildman–Crippen MR) is 82.7 cm³/mol. The second kappa shape index (κ2) is 7.40. The molecule has 1 unspecified atom stereocenters. The number of carboxylic acids is 1. The molecule has 1 aliphatic carbocycles. The number of rotatable bonds is 6. The molecule has 7 heteroatoms. The number of aromatic carboxylic acids is 1. The van der Waals surface area contributed by atoms with E-state index in [2.05, 4.69) is 10.6 Å². The molecule has 0 spiro atoms. The summed E-state index contributed by atoms with van der Waals surface area (Å²) in [6.07, 6.45) is 3.94. The van der Waals surface area contributed by atoms with E-state index in [1.54, 1.807) is 13.0 Å². The van der Waals surface area contributed by atoms with Crippen LogP contribution in [0.3, 0.4) is 0 Å². The molecule has 3 N–H and O–H groups in total. The van der Waals surface area contributed by atoms with Gasteiger partial charge in [0.25, 0.3) is 0 Å². The standard InChI is InChI=1S/C15H20N2O4S/c1-9(17-14(19)10-4-2-3-5-10)13(18)16-8-11-6-7-12(22-11)15(20)21/h6-7,9-10H,2-5,8H2,1H3,(H,16,18)(H,17,19)(H,20,21). The predicted octanol–water partition coefficient (Wildman–Crippen LogP) is 1.76. The summed E-state index contributed by atoms with van der Waals surface area (Å²) in [5.41, 5.74) is 0. The van der Waals surface area contributed by atoms with E-state index < -0.39 is 12.0 Å². The Hall–Kier alpha value is -1.89. The number of amides is 2. The fourth-order valence-corrected chi connectivity index (χ4v) is 3.29. The van der Waals surface area contributed by atoms with E-state index in [1.165, 1.54) is 6.07 Å². The fourth-order valence-electron chi connectivity index (χ4n) is 2.50. The van der Waals surface area contributed by atoms with Crippen molar-refractivity contribution in [3.63, 3.8) is 0 Å². The summed E-state index contributed by atoms with van der Waals surface area (Å²) in [5.74, 6) is -1.26. The zero-order valence-electron chi connectivity index (χ0n) is 12.4. The van der Waals surface area contributed by atoms with Crippen LogP contribution in [0.2, 0.25) is 0 Å². The summed E-state index contributed by atoms with van der Waals surface area (Å²) in [5, 5.41) is 14.3. The van der Waals surface area contributed by atoms with Gasteiger partial charge >= 0.3 is 5.97 Å². The molecule has 2 amide bonds. The highest BCUT2D eigenvalue weighted by Gasteiger charge is 2.25. The Labute approximate surface area is 132 Å². The third-order valence-corrected chi connectivity index (χ3v) is 4.86. The summed E-state index contributed by atoms with van der Waals surface area (Å²) in [6, 6.07) is 2.60. The molecule has 1 fully saturated rings. The lowest BCUT2D eigenvalue weighted by molar-refractivity contribution is -0.130. The van der Waals surface area contributed by atoms with Crippen LogP contribution >= 0.6 is 11.3 Å². The molecule has 1 heterocycles. The maximum atomic E-state index is 12.0. The number of carboxylic acid groups (broad SMARTS) is 1. The van der Waals surface area contributed by atoms with Gasteiger partial charge in [-0.3, -0.25) is 9.59 Å². The van der Waals surface area contributed by atoms with E-state index >= 15 is 0 Å². The molecule has 2 rings (SSSR count). The number of carbonyl (C=O) groups excluding carboxylic acids is 2. The molecule has 1 atom stereocenters. The Morgan fingerprint density at radius 3 is 2.59 bits per heavy atom. The van der Waals surface area contributed by atoms with E-state index in [4.69, 9.17) is 5.11 Å². The zero-order valence-corrected chi connectivity index (χ0v) is 13.2. The highest BCUT2D eigenvalue weighted by Crippen LogP contribution is 2.24. The van der Waals surface area contributed by atoms with Crippen molar-refractivity contribution in [3.05, 3.63) is 21.9 Å².